The van der Waals surface area contributed by atoms with E-state index < -0.39 is 0 Å². The van der Waals surface area contributed by atoms with Crippen LogP contribution in [0.4, 0.5) is 0 Å². The molecule has 0 aliphatic carbocycles. The van der Waals surface area contributed by atoms with E-state index >= 15 is 0 Å². The highest BCUT2D eigenvalue weighted by molar-refractivity contribution is 7.25. The van der Waals surface area contributed by atoms with Crippen LogP contribution in [0, 0.1) is 0 Å². The number of fused-ring (bicyclic) bond motifs is 3. The minimum absolute atomic E-state index is 0.326. The summed E-state index contributed by atoms with van der Waals surface area (Å²) >= 11 is 1.85. The van der Waals surface area contributed by atoms with Gasteiger partial charge in [0.1, 0.15) is 0 Å². The fourth-order valence-electron chi connectivity index (χ4n) is 4.56. The minimum atomic E-state index is 0.326. The van der Waals surface area contributed by atoms with E-state index in [1.54, 1.807) is 0 Å². The number of hydrogen-bond acceptors (Lipinski definition) is 2. The van der Waals surface area contributed by atoms with Gasteiger partial charge >= 0.3 is 0 Å². The molecule has 6 aromatic rings. The summed E-state index contributed by atoms with van der Waals surface area (Å²) in [5.74, 6) is 0.326. The fourth-order valence-corrected chi connectivity index (χ4v) is 5.62. The van der Waals surface area contributed by atoms with Crippen LogP contribution in [0.1, 0.15) is 24.0 Å². The maximum absolute atomic E-state index is 4.73. The van der Waals surface area contributed by atoms with Gasteiger partial charge in [0.05, 0.1) is 5.69 Å². The van der Waals surface area contributed by atoms with Crippen molar-refractivity contribution >= 4 is 31.5 Å². The quantitative estimate of drug-likeness (QED) is 0.266. The molecule has 4 aromatic carbocycles. The third-order valence-electron chi connectivity index (χ3n) is 6.46. The summed E-state index contributed by atoms with van der Waals surface area (Å²) in [4.78, 5) is 4.73. The number of thiophene rings is 1. The van der Waals surface area contributed by atoms with E-state index in [1.807, 2.05) is 17.5 Å². The molecule has 1 nitrogen and oxygen atoms in total. The van der Waals surface area contributed by atoms with E-state index in [1.165, 1.54) is 42.4 Å². The van der Waals surface area contributed by atoms with Gasteiger partial charge in [0.25, 0.3) is 0 Å². The standard InChI is InChI=1S/C31H23NS/c1-21(22-8-4-2-5-9-22)24-16-17-32-29(20-24)26-13-15-31-28(19-26)27-18-25(12-14-30(27)33-31)23-10-6-3-7-11-23/h2-21H,1H3. The lowest BCUT2D eigenvalue weighted by Crippen LogP contribution is -1.97. The Morgan fingerprint density at radius 3 is 1.94 bits per heavy atom. The zero-order chi connectivity index (χ0) is 22.2. The van der Waals surface area contributed by atoms with E-state index in [4.69, 9.17) is 4.98 Å². The molecule has 0 aliphatic rings. The van der Waals surface area contributed by atoms with Crippen LogP contribution >= 0.6 is 11.3 Å². The molecule has 6 rings (SSSR count). The number of aromatic nitrogens is 1. The van der Waals surface area contributed by atoms with Crippen LogP contribution in [0.5, 0.6) is 0 Å². The predicted octanol–water partition coefficient (Wildman–Crippen LogP) is 8.94. The van der Waals surface area contributed by atoms with Gasteiger partial charge in [0.2, 0.25) is 0 Å². The zero-order valence-electron chi connectivity index (χ0n) is 18.4. The molecule has 1 unspecified atom stereocenters. The molecule has 0 aliphatic heterocycles. The molecule has 0 amide bonds. The third-order valence-corrected chi connectivity index (χ3v) is 7.61. The van der Waals surface area contributed by atoms with Crippen molar-refractivity contribution in [2.75, 3.05) is 0 Å². The predicted molar refractivity (Wildman–Crippen MR) is 142 cm³/mol. The highest BCUT2D eigenvalue weighted by Gasteiger charge is 2.12. The van der Waals surface area contributed by atoms with Crippen LogP contribution in [0.15, 0.2) is 115 Å². The Morgan fingerprint density at radius 1 is 0.576 bits per heavy atom. The molecular formula is C31H23NS. The first-order valence-corrected chi connectivity index (χ1v) is 12.1. The largest absolute Gasteiger partial charge is 0.256 e. The Kier molecular flexibility index (Phi) is 5.01. The van der Waals surface area contributed by atoms with Crippen molar-refractivity contribution in [2.45, 2.75) is 12.8 Å². The SMILES string of the molecule is CC(c1ccccc1)c1ccnc(-c2ccc3sc4ccc(-c5ccccc5)cc4c3c2)c1. The van der Waals surface area contributed by atoms with Crippen LogP contribution in [-0.2, 0) is 0 Å². The summed E-state index contributed by atoms with van der Waals surface area (Å²) in [5, 5.41) is 2.61. The van der Waals surface area contributed by atoms with Crippen molar-refractivity contribution in [1.82, 2.24) is 4.98 Å². The average molecular weight is 442 g/mol. The molecular weight excluding hydrogens is 418 g/mol. The fraction of sp³-hybridized carbons (Fsp3) is 0.0645. The van der Waals surface area contributed by atoms with Gasteiger partial charge in [-0.25, -0.2) is 0 Å². The summed E-state index contributed by atoms with van der Waals surface area (Å²) in [6.45, 7) is 2.26. The van der Waals surface area contributed by atoms with Gasteiger partial charge in [-0.1, -0.05) is 79.7 Å². The number of benzene rings is 4. The molecule has 158 valence electrons. The van der Waals surface area contributed by atoms with Crippen molar-refractivity contribution in [1.29, 1.82) is 0 Å². The first-order chi connectivity index (χ1) is 16.3. The highest BCUT2D eigenvalue weighted by Crippen LogP contribution is 2.38. The smallest absolute Gasteiger partial charge is 0.0705 e. The van der Waals surface area contributed by atoms with Crippen molar-refractivity contribution in [2.24, 2.45) is 0 Å². The number of hydrogen-bond donors (Lipinski definition) is 0. The number of nitrogens with zero attached hydrogens (tertiary/aromatic N) is 1. The molecule has 0 N–H and O–H groups in total. The van der Waals surface area contributed by atoms with Gasteiger partial charge in [-0.15, -0.1) is 11.3 Å². The first-order valence-electron chi connectivity index (χ1n) is 11.3. The van der Waals surface area contributed by atoms with Gasteiger partial charge in [-0.2, -0.15) is 0 Å². The molecule has 0 bridgehead atoms. The lowest BCUT2D eigenvalue weighted by Gasteiger charge is -2.13. The molecule has 0 saturated carbocycles. The summed E-state index contributed by atoms with van der Waals surface area (Å²) in [5.41, 5.74) is 7.30. The van der Waals surface area contributed by atoms with E-state index in [0.29, 0.717) is 5.92 Å². The van der Waals surface area contributed by atoms with Crippen LogP contribution in [0.3, 0.4) is 0 Å². The Hall–Kier alpha value is -3.75. The van der Waals surface area contributed by atoms with Crippen LogP contribution in [0.25, 0.3) is 42.6 Å². The van der Waals surface area contributed by atoms with Crippen molar-refractivity contribution < 1.29 is 0 Å². The van der Waals surface area contributed by atoms with Crippen molar-refractivity contribution in [3.8, 4) is 22.4 Å². The molecule has 0 saturated heterocycles. The second kappa shape index (κ2) is 8.31. The van der Waals surface area contributed by atoms with Crippen LogP contribution < -0.4 is 0 Å². The maximum atomic E-state index is 4.73. The molecule has 33 heavy (non-hydrogen) atoms. The average Bonchev–Trinajstić information content (AvgIpc) is 3.26. The third kappa shape index (κ3) is 3.73. The van der Waals surface area contributed by atoms with E-state index in [9.17, 15) is 0 Å². The number of pyridine rings is 1. The Labute approximate surface area is 198 Å². The topological polar surface area (TPSA) is 12.9 Å². The lowest BCUT2D eigenvalue weighted by atomic mass is 9.92. The molecule has 1 atom stereocenters. The second-order valence-corrected chi connectivity index (χ2v) is 9.58. The Balaban J connectivity index is 1.44. The molecule has 0 spiro atoms. The minimum Gasteiger partial charge on any atom is -0.256 e. The molecule has 2 heteroatoms. The normalized spacial score (nSPS) is 12.3. The summed E-state index contributed by atoms with van der Waals surface area (Å²) in [6, 6.07) is 39.2. The van der Waals surface area contributed by atoms with Gasteiger partial charge in [0.15, 0.2) is 0 Å². The summed E-state index contributed by atoms with van der Waals surface area (Å²) in [7, 11) is 0. The summed E-state index contributed by atoms with van der Waals surface area (Å²) < 4.78 is 2.63. The van der Waals surface area contributed by atoms with E-state index in [2.05, 4.69) is 116 Å². The second-order valence-electron chi connectivity index (χ2n) is 8.50. The van der Waals surface area contributed by atoms with Crippen molar-refractivity contribution in [3.05, 3.63) is 127 Å². The highest BCUT2D eigenvalue weighted by atomic mass is 32.1. The van der Waals surface area contributed by atoms with Crippen LogP contribution in [0.2, 0.25) is 0 Å². The molecule has 0 fully saturated rings. The van der Waals surface area contributed by atoms with Gasteiger partial charge in [-0.05, 0) is 58.7 Å². The first kappa shape index (κ1) is 19.9. The zero-order valence-corrected chi connectivity index (χ0v) is 19.2. The molecule has 2 heterocycles. The summed E-state index contributed by atoms with van der Waals surface area (Å²) in [6.07, 6.45) is 1.94. The van der Waals surface area contributed by atoms with Crippen molar-refractivity contribution in [3.63, 3.8) is 0 Å². The van der Waals surface area contributed by atoms with Crippen LogP contribution in [-0.4, -0.2) is 4.98 Å². The van der Waals surface area contributed by atoms with Gasteiger partial charge in [-0.3, -0.25) is 4.98 Å². The Bertz CT molecular complexity index is 1570. The Morgan fingerprint density at radius 2 is 1.21 bits per heavy atom. The van der Waals surface area contributed by atoms with Gasteiger partial charge < -0.3 is 0 Å². The van der Waals surface area contributed by atoms with E-state index in [-0.39, 0.29) is 0 Å². The lowest BCUT2D eigenvalue weighted by molar-refractivity contribution is 0.918. The number of rotatable bonds is 4. The maximum Gasteiger partial charge on any atom is 0.0705 e. The van der Waals surface area contributed by atoms with Gasteiger partial charge in [0, 0.05) is 37.9 Å². The van der Waals surface area contributed by atoms with E-state index in [0.717, 1.165) is 11.3 Å². The monoisotopic (exact) mass is 441 g/mol. The molecule has 0 radical (unpaired) electrons. The molecule has 2 aromatic heterocycles.